The smallest absolute Gasteiger partial charge is 0.251 e. The molecular weight excluding hydrogens is 386 g/mol. The lowest BCUT2D eigenvalue weighted by atomic mass is 9.92. The van der Waals surface area contributed by atoms with E-state index in [1.807, 2.05) is 43.3 Å². The molecule has 0 radical (unpaired) electrons. The van der Waals surface area contributed by atoms with Gasteiger partial charge in [-0.15, -0.1) is 0 Å². The van der Waals surface area contributed by atoms with Gasteiger partial charge in [0.15, 0.2) is 0 Å². The van der Waals surface area contributed by atoms with Crippen LogP contribution in [0.2, 0.25) is 0 Å². The Bertz CT molecular complexity index is 1130. The first-order chi connectivity index (χ1) is 15.1. The largest absolute Gasteiger partial charge is 0.391 e. The highest BCUT2D eigenvalue weighted by Gasteiger charge is 2.24. The summed E-state index contributed by atoms with van der Waals surface area (Å²) in [4.78, 5) is 21.3. The number of carbonyl (C=O) groups excluding carboxylic acids is 1. The van der Waals surface area contributed by atoms with E-state index in [2.05, 4.69) is 27.1 Å². The van der Waals surface area contributed by atoms with E-state index in [1.165, 1.54) is 0 Å². The summed E-state index contributed by atoms with van der Waals surface area (Å²) in [5.41, 5.74) is 4.87. The Morgan fingerprint density at radius 2 is 1.97 bits per heavy atom. The van der Waals surface area contributed by atoms with Crippen LogP contribution in [-0.4, -0.2) is 33.1 Å². The van der Waals surface area contributed by atoms with Crippen LogP contribution >= 0.6 is 0 Å². The number of amides is 1. The first-order valence-corrected chi connectivity index (χ1v) is 10.6. The summed E-state index contributed by atoms with van der Waals surface area (Å²) in [6.07, 6.45) is 8.35. The predicted molar refractivity (Wildman–Crippen MR) is 120 cm³/mol. The van der Waals surface area contributed by atoms with Crippen molar-refractivity contribution in [1.29, 1.82) is 0 Å². The van der Waals surface area contributed by atoms with Gasteiger partial charge in [0.05, 0.1) is 17.8 Å². The monoisotopic (exact) mass is 411 g/mol. The van der Waals surface area contributed by atoms with Crippen LogP contribution in [0, 0.1) is 18.8 Å². The zero-order valence-corrected chi connectivity index (χ0v) is 17.5. The number of nitrogens with zero attached hydrogens (tertiary/aromatic N) is 2. The maximum absolute atomic E-state index is 12.7. The molecule has 3 aromatic rings. The second kappa shape index (κ2) is 9.55. The van der Waals surface area contributed by atoms with Gasteiger partial charge in [0, 0.05) is 40.8 Å². The van der Waals surface area contributed by atoms with E-state index < -0.39 is 6.10 Å². The Kier molecular flexibility index (Phi) is 6.40. The van der Waals surface area contributed by atoms with Crippen molar-refractivity contribution in [2.75, 3.05) is 0 Å². The molecule has 1 aliphatic carbocycles. The third kappa shape index (κ3) is 5.17. The Morgan fingerprint density at radius 3 is 2.77 bits per heavy atom. The minimum atomic E-state index is -0.471. The van der Waals surface area contributed by atoms with Crippen LogP contribution < -0.4 is 5.32 Å². The summed E-state index contributed by atoms with van der Waals surface area (Å²) in [6, 6.07) is 13.0. The van der Waals surface area contributed by atoms with E-state index >= 15 is 0 Å². The Labute approximate surface area is 182 Å². The van der Waals surface area contributed by atoms with Crippen molar-refractivity contribution in [2.24, 2.45) is 0 Å². The Hall–Kier alpha value is -3.49. The maximum atomic E-state index is 12.7. The Balaban J connectivity index is 1.54. The van der Waals surface area contributed by atoms with Crippen LogP contribution in [0.3, 0.4) is 0 Å². The van der Waals surface area contributed by atoms with Gasteiger partial charge in [-0.05, 0) is 55.7 Å². The van der Waals surface area contributed by atoms with E-state index in [0.29, 0.717) is 5.56 Å². The molecule has 2 aromatic heterocycles. The molecule has 1 fully saturated rings. The Morgan fingerprint density at radius 1 is 1.10 bits per heavy atom. The number of rotatable bonds is 3. The van der Waals surface area contributed by atoms with Crippen LogP contribution in [0.4, 0.5) is 0 Å². The quantitative estimate of drug-likeness (QED) is 0.642. The summed E-state index contributed by atoms with van der Waals surface area (Å²) < 4.78 is 0. The highest BCUT2D eigenvalue weighted by atomic mass is 16.3. The lowest BCUT2D eigenvalue weighted by molar-refractivity contribution is 0.0717. The number of carbonyl (C=O) groups is 1. The third-order valence-electron chi connectivity index (χ3n) is 5.59. The molecule has 0 saturated heterocycles. The summed E-state index contributed by atoms with van der Waals surface area (Å²) in [7, 11) is 0. The SMILES string of the molecule is Cc1ccc(C(=O)N[C@H]2CCCC[C@@H]2O)cc1C#Cc1cncc(-c2ccccn2)c1. The molecule has 1 amide bonds. The number of pyridine rings is 2. The van der Waals surface area contributed by atoms with Crippen molar-refractivity contribution in [3.8, 4) is 23.1 Å². The molecule has 1 saturated carbocycles. The van der Waals surface area contributed by atoms with E-state index in [4.69, 9.17) is 0 Å². The highest BCUT2D eigenvalue weighted by Crippen LogP contribution is 2.20. The average Bonchev–Trinajstić information content (AvgIpc) is 2.81. The van der Waals surface area contributed by atoms with Crippen LogP contribution in [0.25, 0.3) is 11.3 Å². The van der Waals surface area contributed by atoms with Crippen LogP contribution in [-0.2, 0) is 0 Å². The summed E-state index contributed by atoms with van der Waals surface area (Å²) in [5.74, 6) is 6.16. The van der Waals surface area contributed by atoms with E-state index in [-0.39, 0.29) is 11.9 Å². The van der Waals surface area contributed by atoms with Crippen molar-refractivity contribution in [3.63, 3.8) is 0 Å². The van der Waals surface area contributed by atoms with Crippen LogP contribution in [0.1, 0.15) is 52.7 Å². The van der Waals surface area contributed by atoms with E-state index in [1.54, 1.807) is 24.7 Å². The van der Waals surface area contributed by atoms with Gasteiger partial charge in [0.2, 0.25) is 0 Å². The van der Waals surface area contributed by atoms with Gasteiger partial charge in [-0.25, -0.2) is 0 Å². The first kappa shape index (κ1) is 20.8. The molecule has 0 spiro atoms. The zero-order valence-electron chi connectivity index (χ0n) is 17.5. The van der Waals surface area contributed by atoms with Gasteiger partial charge in [-0.1, -0.05) is 36.8 Å². The second-order valence-electron chi connectivity index (χ2n) is 7.89. The van der Waals surface area contributed by atoms with Crippen LogP contribution in [0.5, 0.6) is 0 Å². The van der Waals surface area contributed by atoms with Gasteiger partial charge >= 0.3 is 0 Å². The third-order valence-corrected chi connectivity index (χ3v) is 5.59. The molecule has 0 bridgehead atoms. The molecule has 0 aliphatic heterocycles. The molecule has 0 unspecified atom stereocenters. The molecule has 1 aliphatic rings. The van der Waals surface area contributed by atoms with Crippen molar-refractivity contribution in [2.45, 2.75) is 44.8 Å². The molecule has 2 N–H and O–H groups in total. The molecular formula is C26H25N3O2. The topological polar surface area (TPSA) is 75.1 Å². The van der Waals surface area contributed by atoms with Gasteiger partial charge in [-0.2, -0.15) is 0 Å². The average molecular weight is 412 g/mol. The number of aryl methyl sites for hydroxylation is 1. The van der Waals surface area contributed by atoms with Crippen LogP contribution in [0.15, 0.2) is 61.1 Å². The fourth-order valence-corrected chi connectivity index (χ4v) is 3.75. The molecule has 1 aromatic carbocycles. The number of nitrogens with one attached hydrogen (secondary N) is 1. The normalized spacial score (nSPS) is 18.0. The number of hydrogen-bond donors (Lipinski definition) is 2. The summed E-state index contributed by atoms with van der Waals surface area (Å²) >= 11 is 0. The summed E-state index contributed by atoms with van der Waals surface area (Å²) in [6.45, 7) is 1.97. The predicted octanol–water partition coefficient (Wildman–Crippen LogP) is 3.89. The van der Waals surface area contributed by atoms with Crippen molar-refractivity contribution in [1.82, 2.24) is 15.3 Å². The minimum Gasteiger partial charge on any atom is -0.391 e. The van der Waals surface area contributed by atoms with Crippen molar-refractivity contribution < 1.29 is 9.90 Å². The zero-order chi connectivity index (χ0) is 21.6. The lowest BCUT2D eigenvalue weighted by Gasteiger charge is -2.28. The fourth-order valence-electron chi connectivity index (χ4n) is 3.75. The molecule has 5 nitrogen and oxygen atoms in total. The number of benzene rings is 1. The molecule has 31 heavy (non-hydrogen) atoms. The molecule has 2 heterocycles. The maximum Gasteiger partial charge on any atom is 0.251 e. The molecule has 2 atom stereocenters. The van der Waals surface area contributed by atoms with E-state index in [0.717, 1.165) is 53.6 Å². The fraction of sp³-hybridized carbons (Fsp3) is 0.269. The summed E-state index contributed by atoms with van der Waals surface area (Å²) in [5, 5.41) is 13.1. The standard InChI is InChI=1S/C26H25N3O2/c1-18-9-11-21(26(31)29-24-7-2-3-8-25(24)30)15-20(18)12-10-19-14-22(17-27-16-19)23-6-4-5-13-28-23/h4-6,9,11,13-17,24-25,30H,2-3,7-8H2,1H3,(H,29,31)/t24-,25-/m0/s1. The van der Waals surface area contributed by atoms with Gasteiger partial charge in [0.25, 0.3) is 5.91 Å². The lowest BCUT2D eigenvalue weighted by Crippen LogP contribution is -2.45. The second-order valence-corrected chi connectivity index (χ2v) is 7.89. The number of hydrogen-bond acceptors (Lipinski definition) is 4. The van der Waals surface area contributed by atoms with Crippen molar-refractivity contribution >= 4 is 5.91 Å². The highest BCUT2D eigenvalue weighted by molar-refractivity contribution is 5.95. The van der Waals surface area contributed by atoms with E-state index in [9.17, 15) is 9.90 Å². The first-order valence-electron chi connectivity index (χ1n) is 10.6. The van der Waals surface area contributed by atoms with Gasteiger partial charge in [0.1, 0.15) is 0 Å². The number of aliphatic hydroxyl groups excluding tert-OH is 1. The van der Waals surface area contributed by atoms with Gasteiger partial charge < -0.3 is 10.4 Å². The molecule has 156 valence electrons. The number of aliphatic hydroxyl groups is 1. The minimum absolute atomic E-state index is 0.173. The molecule has 4 rings (SSSR count). The molecule has 5 heteroatoms. The van der Waals surface area contributed by atoms with Crippen molar-refractivity contribution in [3.05, 3.63) is 83.3 Å². The van der Waals surface area contributed by atoms with Gasteiger partial charge in [-0.3, -0.25) is 14.8 Å². The number of aromatic nitrogens is 2.